The van der Waals surface area contributed by atoms with Gasteiger partial charge in [0.1, 0.15) is 31.0 Å². The Morgan fingerprint density at radius 2 is 1.68 bits per heavy atom. The van der Waals surface area contributed by atoms with Crippen LogP contribution in [0.4, 0.5) is 8.78 Å². The van der Waals surface area contributed by atoms with Crippen LogP contribution < -0.4 is 0 Å². The molecule has 4 fully saturated rings. The van der Waals surface area contributed by atoms with Gasteiger partial charge in [0.25, 0.3) is 0 Å². The van der Waals surface area contributed by atoms with Crippen LogP contribution in [0.3, 0.4) is 0 Å². The van der Waals surface area contributed by atoms with E-state index in [1.54, 1.807) is 0 Å². The van der Waals surface area contributed by atoms with Gasteiger partial charge in [0, 0.05) is 17.3 Å². The van der Waals surface area contributed by atoms with Crippen LogP contribution in [0.2, 0.25) is 0 Å². The van der Waals surface area contributed by atoms with Gasteiger partial charge in [-0.2, -0.15) is 17.2 Å². The predicted octanol–water partition coefficient (Wildman–Crippen LogP) is 2.43. The molecule has 1 saturated heterocycles. The summed E-state index contributed by atoms with van der Waals surface area (Å²) in [7, 11) is -5.83. The van der Waals surface area contributed by atoms with Crippen molar-refractivity contribution in [3.63, 3.8) is 0 Å². The molecule has 0 aromatic carbocycles. The van der Waals surface area contributed by atoms with E-state index in [-0.39, 0.29) is 11.3 Å². The molecule has 3 saturated carbocycles. The van der Waals surface area contributed by atoms with Gasteiger partial charge in [-0.05, 0) is 39.0 Å². The van der Waals surface area contributed by atoms with E-state index >= 15 is 0 Å². The van der Waals surface area contributed by atoms with Gasteiger partial charge >= 0.3 is 39.2 Å². The van der Waals surface area contributed by atoms with Gasteiger partial charge < -0.3 is 23.7 Å². The fraction of sp³-hybridized carbons (Fsp3) is 0.846. The Labute approximate surface area is 236 Å². The van der Waals surface area contributed by atoms with Crippen molar-refractivity contribution in [3.8, 4) is 0 Å². The third kappa shape index (κ3) is 5.81. The Bertz CT molecular complexity index is 1170. The summed E-state index contributed by atoms with van der Waals surface area (Å²) in [5, 5.41) is -4.75. The Morgan fingerprint density at radius 3 is 2.27 bits per heavy atom. The molecule has 4 aliphatic rings. The normalized spacial score (nSPS) is 31.3. The zero-order valence-corrected chi connectivity index (χ0v) is 24.1. The van der Waals surface area contributed by atoms with Crippen LogP contribution in [-0.2, 0) is 53.0 Å². The van der Waals surface area contributed by atoms with Crippen molar-refractivity contribution >= 4 is 34.0 Å². The van der Waals surface area contributed by atoms with Crippen LogP contribution in [-0.4, -0.2) is 79.2 Å². The van der Waals surface area contributed by atoms with Crippen LogP contribution in [0.15, 0.2) is 0 Å². The van der Waals surface area contributed by atoms with E-state index in [0.29, 0.717) is 26.2 Å². The van der Waals surface area contributed by atoms with E-state index in [1.807, 2.05) is 20.8 Å². The van der Waals surface area contributed by atoms with E-state index < -0.39 is 94.1 Å². The van der Waals surface area contributed by atoms with E-state index in [9.17, 15) is 36.4 Å². The van der Waals surface area contributed by atoms with Crippen molar-refractivity contribution in [3.05, 3.63) is 0 Å². The molecule has 12 nitrogen and oxygen atoms in total. The monoisotopic (exact) mass is 610 g/mol. The number of rotatable bonds is 10. The molecule has 0 spiro atoms. The van der Waals surface area contributed by atoms with E-state index in [2.05, 4.69) is 4.74 Å². The molecule has 0 amide bonds. The number of ether oxygens (including phenoxy) is 5. The second-order valence-corrected chi connectivity index (χ2v) is 13.9. The quantitative estimate of drug-likeness (QED) is 0.218. The Morgan fingerprint density at radius 1 is 1.07 bits per heavy atom. The van der Waals surface area contributed by atoms with Gasteiger partial charge in [-0.1, -0.05) is 27.2 Å². The lowest BCUT2D eigenvalue weighted by Gasteiger charge is -2.47. The molecule has 2 bridgehead atoms. The summed E-state index contributed by atoms with van der Waals surface area (Å²) in [5.41, 5.74) is -1.01. The Balaban J connectivity index is 1.35. The van der Waals surface area contributed by atoms with Crippen molar-refractivity contribution in [1.29, 1.82) is 0 Å². The minimum atomic E-state index is -5.83. The molecule has 232 valence electrons. The molecule has 0 aromatic rings. The lowest BCUT2D eigenvalue weighted by atomic mass is 9.68. The smallest absolute Gasteiger partial charge is 0.405 e. The van der Waals surface area contributed by atoms with Crippen molar-refractivity contribution in [2.75, 3.05) is 13.2 Å². The first-order valence-electron chi connectivity index (χ1n) is 13.6. The van der Waals surface area contributed by atoms with Crippen molar-refractivity contribution in [2.24, 2.45) is 29.1 Å². The zero-order valence-electron chi connectivity index (χ0n) is 23.3. The van der Waals surface area contributed by atoms with Gasteiger partial charge in [0.2, 0.25) is 0 Å². The first-order valence-corrected chi connectivity index (χ1v) is 15.1. The molecule has 7 atom stereocenters. The highest BCUT2D eigenvalue weighted by molar-refractivity contribution is 7.86. The summed E-state index contributed by atoms with van der Waals surface area (Å²) in [5.74, 6) is -5.78. The molecule has 3 aliphatic carbocycles. The summed E-state index contributed by atoms with van der Waals surface area (Å²) in [6.45, 7) is 4.82. The molecule has 0 radical (unpaired) electrons. The summed E-state index contributed by atoms with van der Waals surface area (Å²) in [6, 6.07) is 0. The maximum atomic E-state index is 13.6. The second-order valence-electron chi connectivity index (χ2n) is 12.4. The van der Waals surface area contributed by atoms with Gasteiger partial charge in [0.15, 0.2) is 6.10 Å². The first-order chi connectivity index (χ1) is 18.9. The summed E-state index contributed by atoms with van der Waals surface area (Å²) < 4.78 is 83.5. The van der Waals surface area contributed by atoms with Crippen LogP contribution in [0.1, 0.15) is 66.2 Å². The van der Waals surface area contributed by atoms with E-state index in [0.717, 1.165) is 19.3 Å². The number of hydrogen-bond donors (Lipinski definition) is 1. The highest BCUT2D eigenvalue weighted by atomic mass is 32.2. The number of carbonyl (C=O) groups is 4. The topological polar surface area (TPSA) is 169 Å². The summed E-state index contributed by atoms with van der Waals surface area (Å²) in [6.07, 6.45) is 0.551. The second kappa shape index (κ2) is 11.0. The first kappa shape index (κ1) is 31.5. The molecule has 0 aromatic heterocycles. The average molecular weight is 611 g/mol. The number of fused-ring (bicyclic) bond motifs is 1. The third-order valence-corrected chi connectivity index (χ3v) is 9.99. The minimum absolute atomic E-state index is 0.318. The lowest BCUT2D eigenvalue weighted by molar-refractivity contribution is -0.192. The Kier molecular flexibility index (Phi) is 8.48. The van der Waals surface area contributed by atoms with Gasteiger partial charge in [-0.25, -0.2) is 9.59 Å². The SMILES string of the molecule is CC(OC(=O)COCC(=O)OC1C2CC3C1OC(=O)C3C2C(=O)OC1(C(C)(C)C)CCCCC1)C(F)(F)S(=O)(=O)O. The van der Waals surface area contributed by atoms with E-state index in [1.165, 1.54) is 0 Å². The van der Waals surface area contributed by atoms with Crippen molar-refractivity contribution < 1.29 is 64.6 Å². The fourth-order valence-corrected chi connectivity index (χ4v) is 7.24. The van der Waals surface area contributed by atoms with Gasteiger partial charge in [0.05, 0.1) is 11.8 Å². The third-order valence-electron chi connectivity index (χ3n) is 8.97. The highest BCUT2D eigenvalue weighted by Gasteiger charge is 2.70. The molecular formula is C26H36F2O12S. The number of alkyl halides is 2. The number of esters is 4. The maximum Gasteiger partial charge on any atom is 0.405 e. The number of halogens is 2. The summed E-state index contributed by atoms with van der Waals surface area (Å²) >= 11 is 0. The van der Waals surface area contributed by atoms with Crippen molar-refractivity contribution in [1.82, 2.24) is 0 Å². The average Bonchev–Trinajstić information content (AvgIpc) is 3.47. The van der Waals surface area contributed by atoms with Gasteiger partial charge in [-0.15, -0.1) is 0 Å². The largest absolute Gasteiger partial charge is 0.458 e. The standard InChI is InChI=1S/C26H36F2O12S/c1-13(26(27,28)41(33,34)35)37-16(29)11-36-12-17(30)38-20-15-10-14-18(22(31)39-21(14)20)19(15)23(32)40-25(24(2,3)4)8-6-5-7-9-25/h13-15,18-21H,5-12H2,1-4H3,(H,33,34,35). The number of hydrogen-bond acceptors (Lipinski definition) is 11. The van der Waals surface area contributed by atoms with Crippen molar-refractivity contribution in [2.45, 2.75) is 95.4 Å². The highest BCUT2D eigenvalue weighted by Crippen LogP contribution is 2.59. The van der Waals surface area contributed by atoms with Crippen LogP contribution >= 0.6 is 0 Å². The van der Waals surface area contributed by atoms with Crippen LogP contribution in [0, 0.1) is 29.1 Å². The molecule has 1 aliphatic heterocycles. The fourth-order valence-electron chi connectivity index (χ4n) is 6.77. The van der Waals surface area contributed by atoms with Crippen LogP contribution in [0.5, 0.6) is 0 Å². The zero-order chi connectivity index (χ0) is 30.5. The minimum Gasteiger partial charge on any atom is -0.458 e. The molecular weight excluding hydrogens is 574 g/mol. The Hall–Kier alpha value is -2.39. The molecule has 15 heteroatoms. The molecule has 1 N–H and O–H groups in total. The maximum absolute atomic E-state index is 13.6. The number of carbonyl (C=O) groups excluding carboxylic acids is 4. The predicted molar refractivity (Wildman–Crippen MR) is 133 cm³/mol. The molecule has 41 heavy (non-hydrogen) atoms. The summed E-state index contributed by atoms with van der Waals surface area (Å²) in [4.78, 5) is 50.6. The molecule has 1 heterocycles. The van der Waals surface area contributed by atoms with Crippen LogP contribution in [0.25, 0.3) is 0 Å². The molecule has 4 rings (SSSR count). The molecule has 7 unspecified atom stereocenters. The van der Waals surface area contributed by atoms with Gasteiger partial charge in [-0.3, -0.25) is 14.1 Å². The van der Waals surface area contributed by atoms with E-state index in [4.69, 9.17) is 23.5 Å². The lowest BCUT2D eigenvalue weighted by Crippen LogP contribution is -2.51.